The fraction of sp³-hybridized carbons (Fsp3) is 0.273. The minimum absolute atomic E-state index is 0.218. The third-order valence-corrected chi connectivity index (χ3v) is 2.40. The van der Waals surface area contributed by atoms with Gasteiger partial charge in [-0.3, -0.25) is 4.79 Å². The van der Waals surface area contributed by atoms with Crippen molar-refractivity contribution >= 4 is 12.3 Å². The van der Waals surface area contributed by atoms with Crippen LogP contribution in [0.25, 0.3) is 0 Å². The van der Waals surface area contributed by atoms with Crippen molar-refractivity contribution in [2.75, 3.05) is 0 Å². The molecule has 1 aliphatic heterocycles. The monoisotopic (exact) mass is 208 g/mol. The van der Waals surface area contributed by atoms with Crippen molar-refractivity contribution in [3.63, 3.8) is 0 Å². The summed E-state index contributed by atoms with van der Waals surface area (Å²) in [5.74, 6) is -0.998. The highest BCUT2D eigenvalue weighted by molar-refractivity contribution is 5.94. The van der Waals surface area contributed by atoms with Crippen molar-refractivity contribution in [1.82, 2.24) is 0 Å². The first-order valence-corrected chi connectivity index (χ1v) is 4.52. The van der Waals surface area contributed by atoms with Crippen LogP contribution in [0.4, 0.5) is 4.39 Å². The van der Waals surface area contributed by atoms with Gasteiger partial charge in [0.1, 0.15) is 5.82 Å². The number of cyclic esters (lactones) is 1. The number of carbonyl (C=O) groups is 2. The first-order chi connectivity index (χ1) is 7.04. The zero-order valence-corrected chi connectivity index (χ0v) is 8.12. The molecule has 0 aliphatic carbocycles. The van der Waals surface area contributed by atoms with Crippen molar-refractivity contribution in [2.24, 2.45) is 0 Å². The first kappa shape index (κ1) is 9.83. The van der Waals surface area contributed by atoms with Crippen LogP contribution in [0.2, 0.25) is 0 Å². The van der Waals surface area contributed by atoms with Crippen molar-refractivity contribution in [3.8, 4) is 0 Å². The van der Waals surface area contributed by atoms with E-state index in [0.29, 0.717) is 17.4 Å². The highest BCUT2D eigenvalue weighted by Crippen LogP contribution is 2.27. The molecule has 3 nitrogen and oxygen atoms in total. The highest BCUT2D eigenvalue weighted by Gasteiger charge is 2.36. The van der Waals surface area contributed by atoms with Crippen LogP contribution in [-0.4, -0.2) is 17.9 Å². The molecule has 1 aliphatic rings. The normalized spacial score (nSPS) is 24.3. The Labute approximate surface area is 85.9 Å². The number of carbonyl (C=O) groups excluding carboxylic acids is 2. The second-order valence-corrected chi connectivity index (χ2v) is 3.80. The lowest BCUT2D eigenvalue weighted by Crippen LogP contribution is -2.40. The summed E-state index contributed by atoms with van der Waals surface area (Å²) < 4.78 is 17.9. The van der Waals surface area contributed by atoms with Crippen LogP contribution in [0.5, 0.6) is 0 Å². The standard InChI is InChI=1S/C11H9FO3/c1-11(6-13)5-7-4-8(12)2-3-9(7)10(14)15-11/h2-4,6H,5H2,1H3. The van der Waals surface area contributed by atoms with Gasteiger partial charge in [-0.2, -0.15) is 0 Å². The predicted molar refractivity (Wildman–Crippen MR) is 50.0 cm³/mol. The van der Waals surface area contributed by atoms with Gasteiger partial charge >= 0.3 is 5.97 Å². The number of hydrogen-bond acceptors (Lipinski definition) is 3. The zero-order chi connectivity index (χ0) is 11.1. The number of ether oxygens (including phenoxy) is 1. The molecule has 2 rings (SSSR count). The maximum absolute atomic E-state index is 12.9. The summed E-state index contributed by atoms with van der Waals surface area (Å²) in [6.45, 7) is 1.51. The van der Waals surface area contributed by atoms with Crippen LogP contribution in [-0.2, 0) is 16.0 Å². The predicted octanol–water partition coefficient (Wildman–Crippen LogP) is 1.50. The first-order valence-electron chi connectivity index (χ1n) is 4.52. The minimum Gasteiger partial charge on any atom is -0.448 e. The van der Waals surface area contributed by atoms with Gasteiger partial charge in [0.2, 0.25) is 0 Å². The van der Waals surface area contributed by atoms with E-state index in [1.165, 1.54) is 25.1 Å². The number of benzene rings is 1. The van der Waals surface area contributed by atoms with E-state index < -0.39 is 17.4 Å². The third-order valence-electron chi connectivity index (χ3n) is 2.40. The second-order valence-electron chi connectivity index (χ2n) is 3.80. The number of halogens is 1. The molecule has 4 heteroatoms. The average Bonchev–Trinajstić information content (AvgIpc) is 2.16. The Kier molecular flexibility index (Phi) is 2.07. The van der Waals surface area contributed by atoms with Gasteiger partial charge in [-0.05, 0) is 30.7 Å². The molecular formula is C11H9FO3. The Morgan fingerprint density at radius 1 is 1.53 bits per heavy atom. The summed E-state index contributed by atoms with van der Waals surface area (Å²) in [6, 6.07) is 3.83. The highest BCUT2D eigenvalue weighted by atomic mass is 19.1. The topological polar surface area (TPSA) is 43.4 Å². The third kappa shape index (κ3) is 1.63. The van der Waals surface area contributed by atoms with E-state index in [1.807, 2.05) is 0 Å². The van der Waals surface area contributed by atoms with E-state index in [-0.39, 0.29) is 6.42 Å². The van der Waals surface area contributed by atoms with E-state index in [0.717, 1.165) is 0 Å². The molecule has 0 radical (unpaired) electrons. The van der Waals surface area contributed by atoms with Gasteiger partial charge in [0.25, 0.3) is 0 Å². The fourth-order valence-electron chi connectivity index (χ4n) is 1.65. The smallest absolute Gasteiger partial charge is 0.339 e. The summed E-state index contributed by atoms with van der Waals surface area (Å²) >= 11 is 0. The van der Waals surface area contributed by atoms with Crippen LogP contribution in [0.15, 0.2) is 18.2 Å². The molecule has 0 bridgehead atoms. The summed E-state index contributed by atoms with van der Waals surface area (Å²) in [6.07, 6.45) is 0.786. The van der Waals surface area contributed by atoms with Gasteiger partial charge in [0.05, 0.1) is 5.56 Å². The van der Waals surface area contributed by atoms with Gasteiger partial charge in [0, 0.05) is 6.42 Å². The quantitative estimate of drug-likeness (QED) is 0.518. The summed E-state index contributed by atoms with van der Waals surface area (Å²) in [5.41, 5.74) is -0.325. The summed E-state index contributed by atoms with van der Waals surface area (Å²) in [7, 11) is 0. The number of aldehydes is 1. The molecule has 1 aromatic rings. The lowest BCUT2D eigenvalue weighted by molar-refractivity contribution is -0.124. The molecule has 78 valence electrons. The SMILES string of the molecule is CC1(C=O)Cc2cc(F)ccc2C(=O)O1. The van der Waals surface area contributed by atoms with Gasteiger partial charge in [-0.25, -0.2) is 9.18 Å². The van der Waals surface area contributed by atoms with E-state index in [4.69, 9.17) is 4.74 Å². The summed E-state index contributed by atoms with van der Waals surface area (Å²) in [5, 5.41) is 0. The van der Waals surface area contributed by atoms with E-state index in [2.05, 4.69) is 0 Å². The largest absolute Gasteiger partial charge is 0.448 e. The number of rotatable bonds is 1. The van der Waals surface area contributed by atoms with Crippen LogP contribution >= 0.6 is 0 Å². The molecule has 15 heavy (non-hydrogen) atoms. The zero-order valence-electron chi connectivity index (χ0n) is 8.12. The van der Waals surface area contributed by atoms with Crippen molar-refractivity contribution in [3.05, 3.63) is 35.1 Å². The molecule has 0 amide bonds. The molecule has 1 aromatic carbocycles. The second kappa shape index (κ2) is 3.15. The molecule has 1 unspecified atom stereocenters. The van der Waals surface area contributed by atoms with Crippen LogP contribution in [0.3, 0.4) is 0 Å². The Bertz CT molecular complexity index is 441. The fourth-order valence-corrected chi connectivity index (χ4v) is 1.65. The molecule has 1 atom stereocenters. The van der Waals surface area contributed by atoms with Crippen molar-refractivity contribution in [2.45, 2.75) is 18.9 Å². The molecule has 0 N–H and O–H groups in total. The van der Waals surface area contributed by atoms with Crippen LogP contribution in [0, 0.1) is 5.82 Å². The lowest BCUT2D eigenvalue weighted by atomic mass is 9.91. The molecule has 0 spiro atoms. The lowest BCUT2D eigenvalue weighted by Gasteiger charge is -2.29. The van der Waals surface area contributed by atoms with Crippen molar-refractivity contribution < 1.29 is 18.7 Å². The van der Waals surface area contributed by atoms with Crippen molar-refractivity contribution in [1.29, 1.82) is 0 Å². The molecule has 0 saturated heterocycles. The Morgan fingerprint density at radius 2 is 2.27 bits per heavy atom. The van der Waals surface area contributed by atoms with E-state index in [9.17, 15) is 14.0 Å². The molecule has 1 heterocycles. The molecule has 0 aromatic heterocycles. The van der Waals surface area contributed by atoms with Gasteiger partial charge < -0.3 is 4.74 Å². The van der Waals surface area contributed by atoms with Gasteiger partial charge in [0.15, 0.2) is 11.9 Å². The van der Waals surface area contributed by atoms with Gasteiger partial charge in [-0.1, -0.05) is 0 Å². The number of fused-ring (bicyclic) bond motifs is 1. The molecule has 0 saturated carbocycles. The Balaban J connectivity index is 2.50. The molecule has 0 fully saturated rings. The maximum atomic E-state index is 12.9. The Morgan fingerprint density at radius 3 is 2.93 bits per heavy atom. The van der Waals surface area contributed by atoms with E-state index >= 15 is 0 Å². The van der Waals surface area contributed by atoms with Gasteiger partial charge in [-0.15, -0.1) is 0 Å². The minimum atomic E-state index is -1.17. The maximum Gasteiger partial charge on any atom is 0.339 e. The number of hydrogen-bond donors (Lipinski definition) is 0. The summed E-state index contributed by atoms with van der Waals surface area (Å²) in [4.78, 5) is 22.2. The van der Waals surface area contributed by atoms with E-state index in [1.54, 1.807) is 0 Å². The van der Waals surface area contributed by atoms with Crippen LogP contribution < -0.4 is 0 Å². The van der Waals surface area contributed by atoms with Crippen LogP contribution in [0.1, 0.15) is 22.8 Å². The average molecular weight is 208 g/mol. The Hall–Kier alpha value is -1.71. The number of esters is 1. The molecular weight excluding hydrogens is 199 g/mol.